The van der Waals surface area contributed by atoms with E-state index in [1.165, 1.54) is 6.92 Å². The summed E-state index contributed by atoms with van der Waals surface area (Å²) >= 11 is 5.95. The lowest BCUT2D eigenvalue weighted by Crippen LogP contribution is -2.31. The number of amides is 1. The Labute approximate surface area is 195 Å². The van der Waals surface area contributed by atoms with Gasteiger partial charge >= 0.3 is 0 Å². The van der Waals surface area contributed by atoms with Crippen molar-refractivity contribution >= 4 is 23.3 Å². The number of nitrogens with zero attached hydrogens (tertiary/aromatic N) is 2. The van der Waals surface area contributed by atoms with Gasteiger partial charge in [-0.1, -0.05) is 23.7 Å². The largest absolute Gasteiger partial charge is 0.482 e. The first-order valence-electron chi connectivity index (χ1n) is 10.5. The van der Waals surface area contributed by atoms with Crippen LogP contribution in [-0.2, 0) is 0 Å². The predicted octanol–water partition coefficient (Wildman–Crippen LogP) is 4.58. The second-order valence-electron chi connectivity index (χ2n) is 8.01. The zero-order chi connectivity index (χ0) is 23.7. The maximum absolute atomic E-state index is 14.3. The second-order valence-corrected chi connectivity index (χ2v) is 8.38. The van der Waals surface area contributed by atoms with Crippen LogP contribution >= 0.6 is 11.6 Å². The van der Waals surface area contributed by atoms with Gasteiger partial charge in [-0.15, -0.1) is 0 Å². The molecule has 4 N–H and O–H groups in total. The minimum atomic E-state index is -0.931. The minimum Gasteiger partial charge on any atom is -0.482 e. The molecule has 1 aliphatic heterocycles. The van der Waals surface area contributed by atoms with Gasteiger partial charge in [0.2, 0.25) is 0 Å². The molecule has 1 fully saturated rings. The molecular weight excluding hydrogens is 450 g/mol. The molecule has 1 unspecified atom stereocenters. The summed E-state index contributed by atoms with van der Waals surface area (Å²) in [6.45, 7) is 2.69. The van der Waals surface area contributed by atoms with Crippen LogP contribution < -0.4 is 16.2 Å². The van der Waals surface area contributed by atoms with E-state index >= 15 is 0 Å². The van der Waals surface area contributed by atoms with Crippen molar-refractivity contribution in [3.05, 3.63) is 76.4 Å². The number of anilines is 1. The van der Waals surface area contributed by atoms with Crippen LogP contribution in [0.25, 0.3) is 11.1 Å². The Morgan fingerprint density at radius 2 is 1.97 bits per heavy atom. The normalized spacial score (nSPS) is 16.6. The highest BCUT2D eigenvalue weighted by molar-refractivity contribution is 6.31. The van der Waals surface area contributed by atoms with Crippen molar-refractivity contribution in [3.63, 3.8) is 0 Å². The molecular formula is C24H23ClF2N4O2. The molecule has 33 heavy (non-hydrogen) atoms. The highest BCUT2D eigenvalue weighted by Crippen LogP contribution is 2.35. The first kappa shape index (κ1) is 22.9. The first-order valence-corrected chi connectivity index (χ1v) is 10.8. The molecule has 0 radical (unpaired) electrons. The van der Waals surface area contributed by atoms with Crippen molar-refractivity contribution in [3.8, 4) is 16.9 Å². The van der Waals surface area contributed by atoms with Gasteiger partial charge < -0.3 is 21.1 Å². The third-order valence-electron chi connectivity index (χ3n) is 5.63. The van der Waals surface area contributed by atoms with Crippen LogP contribution in [0.3, 0.4) is 0 Å². The lowest BCUT2D eigenvalue weighted by molar-refractivity contribution is 0.0791. The van der Waals surface area contributed by atoms with Gasteiger partial charge in [0.05, 0.1) is 5.02 Å². The number of halogens is 3. The summed E-state index contributed by atoms with van der Waals surface area (Å²) in [5, 5.41) is -0.349. The molecule has 0 aliphatic carbocycles. The standard InChI is InChI=1S/C24H23ClF2N4O2/c1-13(21-18(26)5-6-19(27)22(21)25)33-20-10-16(11-30-23(20)29)14-3-2-4-15(9-14)24(32)31-8-7-17(28)12-31/h2-6,9-11,13,17H,7-8,12,28H2,1H3,(H2,29,30)/t13?,17-/m1/s1. The van der Waals surface area contributed by atoms with Gasteiger partial charge in [0, 0.05) is 42.0 Å². The van der Waals surface area contributed by atoms with Crippen molar-refractivity contribution in [2.24, 2.45) is 5.73 Å². The summed E-state index contributed by atoms with van der Waals surface area (Å²) < 4.78 is 33.9. The van der Waals surface area contributed by atoms with Crippen LogP contribution in [0, 0.1) is 11.6 Å². The van der Waals surface area contributed by atoms with Crippen LogP contribution in [0.4, 0.5) is 14.6 Å². The van der Waals surface area contributed by atoms with Crippen molar-refractivity contribution in [1.82, 2.24) is 9.88 Å². The van der Waals surface area contributed by atoms with Gasteiger partial charge in [-0.3, -0.25) is 4.79 Å². The summed E-state index contributed by atoms with van der Waals surface area (Å²) in [5.41, 5.74) is 13.7. The Morgan fingerprint density at radius 3 is 2.70 bits per heavy atom. The Kier molecular flexibility index (Phi) is 6.49. The Bertz CT molecular complexity index is 1210. The summed E-state index contributed by atoms with van der Waals surface area (Å²) in [6.07, 6.45) is 1.40. The molecule has 2 atom stereocenters. The molecule has 0 spiro atoms. The molecule has 9 heteroatoms. The molecule has 1 aromatic heterocycles. The smallest absolute Gasteiger partial charge is 0.253 e. The Hall–Kier alpha value is -3.23. The molecule has 1 saturated heterocycles. The van der Waals surface area contributed by atoms with Crippen LogP contribution in [0.1, 0.15) is 35.4 Å². The molecule has 2 heterocycles. The van der Waals surface area contributed by atoms with Crippen molar-refractivity contribution < 1.29 is 18.3 Å². The van der Waals surface area contributed by atoms with Crippen LogP contribution in [0.15, 0.2) is 48.7 Å². The number of ether oxygens (including phenoxy) is 1. The summed E-state index contributed by atoms with van der Waals surface area (Å²) in [7, 11) is 0. The van der Waals surface area contributed by atoms with Gasteiger partial charge in [0.15, 0.2) is 11.6 Å². The average molecular weight is 473 g/mol. The number of likely N-dealkylation sites (tertiary alicyclic amines) is 1. The molecule has 2 aromatic carbocycles. The number of aromatic nitrogens is 1. The number of carbonyl (C=O) groups excluding carboxylic acids is 1. The van der Waals surface area contributed by atoms with E-state index in [4.69, 9.17) is 27.8 Å². The maximum Gasteiger partial charge on any atom is 0.253 e. The van der Waals surface area contributed by atoms with Gasteiger partial charge in [0.1, 0.15) is 17.7 Å². The molecule has 1 amide bonds. The van der Waals surface area contributed by atoms with E-state index in [-0.39, 0.29) is 34.1 Å². The molecule has 0 saturated carbocycles. The second kappa shape index (κ2) is 9.33. The number of hydrogen-bond donors (Lipinski definition) is 2. The first-order chi connectivity index (χ1) is 15.7. The third kappa shape index (κ3) is 4.77. The summed E-state index contributed by atoms with van der Waals surface area (Å²) in [6, 6.07) is 10.7. The number of hydrogen-bond acceptors (Lipinski definition) is 5. The Morgan fingerprint density at radius 1 is 1.21 bits per heavy atom. The van der Waals surface area contributed by atoms with Crippen LogP contribution in [0.5, 0.6) is 5.75 Å². The minimum absolute atomic E-state index is 0.00319. The van der Waals surface area contributed by atoms with E-state index in [1.807, 2.05) is 6.07 Å². The number of nitrogen functional groups attached to an aromatic ring is 1. The number of benzene rings is 2. The molecule has 6 nitrogen and oxygen atoms in total. The van der Waals surface area contributed by atoms with E-state index in [2.05, 4.69) is 4.98 Å². The zero-order valence-corrected chi connectivity index (χ0v) is 18.7. The lowest BCUT2D eigenvalue weighted by Gasteiger charge is -2.19. The van der Waals surface area contributed by atoms with Crippen molar-refractivity contribution in [2.45, 2.75) is 25.5 Å². The fourth-order valence-corrected chi connectivity index (χ4v) is 4.17. The molecule has 0 bridgehead atoms. The third-order valence-corrected chi connectivity index (χ3v) is 6.01. The molecule has 3 aromatic rings. The topological polar surface area (TPSA) is 94.5 Å². The number of nitrogens with two attached hydrogens (primary N) is 2. The van der Waals surface area contributed by atoms with Crippen molar-refractivity contribution in [1.29, 1.82) is 0 Å². The molecule has 172 valence electrons. The van der Waals surface area contributed by atoms with Gasteiger partial charge in [0.25, 0.3) is 5.91 Å². The van der Waals surface area contributed by atoms with Gasteiger partial charge in [-0.25, -0.2) is 13.8 Å². The van der Waals surface area contributed by atoms with E-state index in [1.54, 1.807) is 35.4 Å². The van der Waals surface area contributed by atoms with Crippen LogP contribution in [0.2, 0.25) is 5.02 Å². The molecule has 4 rings (SSSR count). The quantitative estimate of drug-likeness (QED) is 0.530. The Balaban J connectivity index is 1.61. The van der Waals surface area contributed by atoms with Gasteiger partial charge in [-0.05, 0) is 49.2 Å². The van der Waals surface area contributed by atoms with E-state index < -0.39 is 17.7 Å². The highest BCUT2D eigenvalue weighted by Gasteiger charge is 2.25. The predicted molar refractivity (Wildman–Crippen MR) is 123 cm³/mol. The molecule has 1 aliphatic rings. The summed E-state index contributed by atoms with van der Waals surface area (Å²) in [5.74, 6) is -1.26. The highest BCUT2D eigenvalue weighted by atomic mass is 35.5. The summed E-state index contributed by atoms with van der Waals surface area (Å²) in [4.78, 5) is 18.7. The van der Waals surface area contributed by atoms with E-state index in [0.29, 0.717) is 24.2 Å². The van der Waals surface area contributed by atoms with Crippen molar-refractivity contribution in [2.75, 3.05) is 18.8 Å². The maximum atomic E-state index is 14.3. The van der Waals surface area contributed by atoms with E-state index in [0.717, 1.165) is 24.1 Å². The lowest BCUT2D eigenvalue weighted by atomic mass is 10.0. The fourth-order valence-electron chi connectivity index (χ4n) is 3.86. The number of rotatable bonds is 5. The number of pyridine rings is 1. The average Bonchev–Trinajstić information content (AvgIpc) is 3.24. The van der Waals surface area contributed by atoms with Crippen LogP contribution in [-0.4, -0.2) is 34.9 Å². The zero-order valence-electron chi connectivity index (χ0n) is 17.9. The van der Waals surface area contributed by atoms with E-state index in [9.17, 15) is 13.6 Å². The number of carbonyl (C=O) groups is 1. The monoisotopic (exact) mass is 472 g/mol. The SMILES string of the molecule is CC(Oc1cc(-c2cccc(C(=O)N3CC[C@@H](N)C3)c2)cnc1N)c1c(F)ccc(F)c1Cl. The fraction of sp³-hybridized carbons (Fsp3) is 0.250. The van der Waals surface area contributed by atoms with Gasteiger partial charge in [-0.2, -0.15) is 0 Å².